The van der Waals surface area contributed by atoms with Gasteiger partial charge in [0.15, 0.2) is 4.80 Å². The van der Waals surface area contributed by atoms with Crippen LogP contribution in [0.5, 0.6) is 11.5 Å². The molecule has 9 heteroatoms. The number of ether oxygens (including phenoxy) is 3. The van der Waals surface area contributed by atoms with Gasteiger partial charge in [0.05, 0.1) is 35.1 Å². The van der Waals surface area contributed by atoms with Crippen molar-refractivity contribution in [3.8, 4) is 11.5 Å². The average Bonchev–Trinajstić information content (AvgIpc) is 3.12. The Morgan fingerprint density at radius 1 is 1.11 bits per heavy atom. The number of methoxy groups -OCH3 is 1. The molecule has 0 bridgehead atoms. The lowest BCUT2D eigenvalue weighted by Crippen LogP contribution is -2.40. The quantitative estimate of drug-likeness (QED) is 0.377. The van der Waals surface area contributed by atoms with Crippen LogP contribution in [0.1, 0.15) is 44.9 Å². The molecule has 0 N–H and O–H groups in total. The number of fused-ring (bicyclic) bond motifs is 1. The van der Waals surface area contributed by atoms with Gasteiger partial charge in [-0.05, 0) is 62.2 Å². The number of nitrogens with zero attached hydrogens (tertiary/aromatic N) is 2. The topological polar surface area (TPSA) is 96.2 Å². The summed E-state index contributed by atoms with van der Waals surface area (Å²) in [6.45, 7) is 6.62. The molecule has 0 spiro atoms. The average molecular weight is 507 g/mol. The van der Waals surface area contributed by atoms with Crippen LogP contribution in [-0.4, -0.2) is 29.7 Å². The molecule has 0 aliphatic carbocycles. The van der Waals surface area contributed by atoms with Crippen LogP contribution in [0.2, 0.25) is 0 Å². The summed E-state index contributed by atoms with van der Waals surface area (Å²) in [6, 6.07) is 13.4. The Morgan fingerprint density at radius 3 is 2.47 bits per heavy atom. The number of thiazole rings is 1. The normalized spacial score (nSPS) is 15.4. The van der Waals surface area contributed by atoms with Gasteiger partial charge in [0.2, 0.25) is 0 Å². The third-order valence-electron chi connectivity index (χ3n) is 5.43. The molecule has 2 aromatic carbocycles. The first-order valence-corrected chi connectivity index (χ1v) is 12.2. The van der Waals surface area contributed by atoms with Crippen molar-refractivity contribution in [2.45, 2.75) is 39.8 Å². The summed E-state index contributed by atoms with van der Waals surface area (Å²) in [5.74, 6) is 0.0956. The number of allylic oxidation sites excluding steroid dienone is 1. The largest absolute Gasteiger partial charge is 0.497 e. The van der Waals surface area contributed by atoms with Gasteiger partial charge < -0.3 is 14.2 Å². The lowest BCUT2D eigenvalue weighted by Gasteiger charge is -2.25. The zero-order valence-electron chi connectivity index (χ0n) is 20.6. The molecule has 1 atom stereocenters. The molecular formula is C27H26N2O6S. The highest BCUT2D eigenvalue weighted by atomic mass is 32.1. The maximum atomic E-state index is 13.7. The van der Waals surface area contributed by atoms with Gasteiger partial charge >= 0.3 is 11.9 Å². The fraction of sp³-hybridized carbons (Fsp3) is 0.259. The minimum atomic E-state index is -0.715. The number of rotatable bonds is 6. The highest BCUT2D eigenvalue weighted by Crippen LogP contribution is 2.31. The first-order valence-electron chi connectivity index (χ1n) is 11.3. The number of carbonyl (C=O) groups is 2. The molecule has 2 heterocycles. The third-order valence-corrected chi connectivity index (χ3v) is 6.42. The van der Waals surface area contributed by atoms with Crippen molar-refractivity contribution in [2.24, 2.45) is 4.99 Å². The van der Waals surface area contributed by atoms with Crippen molar-refractivity contribution in [3.63, 3.8) is 0 Å². The summed E-state index contributed by atoms with van der Waals surface area (Å²) in [7, 11) is 1.57. The minimum Gasteiger partial charge on any atom is -0.497 e. The predicted molar refractivity (Wildman–Crippen MR) is 136 cm³/mol. The second-order valence-electron chi connectivity index (χ2n) is 8.48. The molecule has 0 radical (unpaired) electrons. The van der Waals surface area contributed by atoms with Crippen LogP contribution in [-0.2, 0) is 14.3 Å². The van der Waals surface area contributed by atoms with E-state index in [1.165, 1.54) is 22.8 Å². The van der Waals surface area contributed by atoms with E-state index in [0.29, 0.717) is 37.7 Å². The summed E-state index contributed by atoms with van der Waals surface area (Å²) in [5, 5.41) is 0. The van der Waals surface area contributed by atoms with Gasteiger partial charge in [-0.3, -0.25) is 14.2 Å². The van der Waals surface area contributed by atoms with Crippen LogP contribution in [0.3, 0.4) is 0 Å². The Morgan fingerprint density at radius 2 is 1.83 bits per heavy atom. The maximum Gasteiger partial charge on any atom is 0.338 e. The minimum absolute atomic E-state index is 0.292. The molecule has 0 unspecified atom stereocenters. The van der Waals surface area contributed by atoms with Crippen molar-refractivity contribution in [3.05, 3.63) is 90.6 Å². The first-order chi connectivity index (χ1) is 17.2. The van der Waals surface area contributed by atoms with Crippen LogP contribution < -0.4 is 24.4 Å². The van der Waals surface area contributed by atoms with E-state index < -0.39 is 18.0 Å². The lowest BCUT2D eigenvalue weighted by atomic mass is 9.96. The Labute approximate surface area is 211 Å². The smallest absolute Gasteiger partial charge is 0.338 e. The summed E-state index contributed by atoms with van der Waals surface area (Å²) < 4.78 is 17.9. The fourth-order valence-electron chi connectivity index (χ4n) is 3.95. The molecule has 0 saturated carbocycles. The van der Waals surface area contributed by atoms with Crippen LogP contribution in [0.25, 0.3) is 6.08 Å². The SMILES string of the molecule is COc1ccc([C@H]2C(C(=O)OC(C)C)=C(C)N=c3s/c(=C/c4cccc(OC(C)=O)c4)c(=O)n32)cc1. The maximum absolute atomic E-state index is 13.7. The summed E-state index contributed by atoms with van der Waals surface area (Å²) >= 11 is 1.22. The van der Waals surface area contributed by atoms with Crippen molar-refractivity contribution in [1.82, 2.24) is 4.57 Å². The van der Waals surface area contributed by atoms with Gasteiger partial charge in [-0.15, -0.1) is 0 Å². The van der Waals surface area contributed by atoms with Crippen LogP contribution in [0, 0.1) is 0 Å². The van der Waals surface area contributed by atoms with E-state index in [4.69, 9.17) is 14.2 Å². The highest BCUT2D eigenvalue weighted by molar-refractivity contribution is 7.07. The van der Waals surface area contributed by atoms with Crippen LogP contribution in [0.4, 0.5) is 0 Å². The van der Waals surface area contributed by atoms with E-state index in [9.17, 15) is 14.4 Å². The monoisotopic (exact) mass is 506 g/mol. The molecule has 0 fully saturated rings. The van der Waals surface area contributed by atoms with Gasteiger partial charge in [-0.2, -0.15) is 0 Å². The predicted octanol–water partition coefficient (Wildman–Crippen LogP) is 3.12. The Kier molecular flexibility index (Phi) is 7.21. The second-order valence-corrected chi connectivity index (χ2v) is 9.48. The van der Waals surface area contributed by atoms with Crippen LogP contribution >= 0.6 is 11.3 Å². The molecule has 36 heavy (non-hydrogen) atoms. The van der Waals surface area contributed by atoms with E-state index in [1.807, 2.05) is 18.2 Å². The van der Waals surface area contributed by atoms with Crippen molar-refractivity contribution in [2.75, 3.05) is 7.11 Å². The fourth-order valence-corrected chi connectivity index (χ4v) is 4.99. The van der Waals surface area contributed by atoms with Crippen molar-refractivity contribution < 1.29 is 23.8 Å². The number of esters is 2. The highest BCUT2D eigenvalue weighted by Gasteiger charge is 2.33. The van der Waals surface area contributed by atoms with E-state index in [-0.39, 0.29) is 11.7 Å². The Hall–Kier alpha value is -3.98. The molecule has 8 nitrogen and oxygen atoms in total. The van der Waals surface area contributed by atoms with Gasteiger partial charge in [0.25, 0.3) is 5.56 Å². The summed E-state index contributed by atoms with van der Waals surface area (Å²) in [6.07, 6.45) is 1.39. The molecule has 1 aromatic heterocycles. The van der Waals surface area contributed by atoms with Crippen LogP contribution in [0.15, 0.2) is 69.6 Å². The van der Waals surface area contributed by atoms with Crippen molar-refractivity contribution >= 4 is 29.4 Å². The van der Waals surface area contributed by atoms with E-state index in [0.717, 1.165) is 5.56 Å². The van der Waals surface area contributed by atoms with Gasteiger partial charge in [-0.25, -0.2) is 9.79 Å². The molecule has 4 rings (SSSR count). The molecule has 1 aliphatic rings. The molecule has 0 saturated heterocycles. The molecule has 1 aliphatic heterocycles. The molecule has 0 amide bonds. The first kappa shape index (κ1) is 25.1. The zero-order chi connectivity index (χ0) is 26.0. The molecule has 186 valence electrons. The van der Waals surface area contributed by atoms with Crippen molar-refractivity contribution in [1.29, 1.82) is 0 Å². The zero-order valence-corrected chi connectivity index (χ0v) is 21.4. The van der Waals surface area contributed by atoms with E-state index in [1.54, 1.807) is 64.3 Å². The number of aromatic nitrogens is 1. The van der Waals surface area contributed by atoms with Gasteiger partial charge in [-0.1, -0.05) is 35.6 Å². The number of hydrogen-bond donors (Lipinski definition) is 0. The Balaban J connectivity index is 1.89. The molecule has 3 aromatic rings. The van der Waals surface area contributed by atoms with E-state index in [2.05, 4.69) is 4.99 Å². The number of hydrogen-bond acceptors (Lipinski definition) is 8. The standard InChI is InChI=1S/C27H26N2O6S/c1-15(2)34-26(32)23-16(3)28-27-29(24(23)19-9-11-20(33-5)12-10-19)25(31)22(36-27)14-18-7-6-8-21(13-18)35-17(4)30/h6-15,24H,1-5H3/b22-14+/t24-/m0/s1. The van der Waals surface area contributed by atoms with Gasteiger partial charge in [0.1, 0.15) is 11.5 Å². The second kappa shape index (κ2) is 10.3. The van der Waals surface area contributed by atoms with E-state index >= 15 is 0 Å². The Bertz CT molecular complexity index is 1530. The lowest BCUT2D eigenvalue weighted by molar-refractivity contribution is -0.143. The third kappa shape index (κ3) is 5.16. The number of carbonyl (C=O) groups excluding carboxylic acids is 2. The molecular weight excluding hydrogens is 480 g/mol. The number of benzene rings is 2. The summed E-state index contributed by atoms with van der Waals surface area (Å²) in [4.78, 5) is 43.2. The van der Waals surface area contributed by atoms with Gasteiger partial charge in [0, 0.05) is 6.92 Å². The summed E-state index contributed by atoms with van der Waals surface area (Å²) in [5.41, 5.74) is 1.93.